The van der Waals surface area contributed by atoms with E-state index in [-0.39, 0.29) is 10.8 Å². The Balaban J connectivity index is 2.88. The first-order chi connectivity index (χ1) is 6.79. The minimum Gasteiger partial charge on any atom is -0.506 e. The van der Waals surface area contributed by atoms with E-state index in [4.69, 9.17) is 16.3 Å². The monoisotopic (exact) mass is 228 g/mol. The van der Waals surface area contributed by atoms with Gasteiger partial charge in [-0.25, -0.2) is 4.79 Å². The van der Waals surface area contributed by atoms with Gasteiger partial charge in [0.1, 0.15) is 11.4 Å². The van der Waals surface area contributed by atoms with E-state index < -0.39 is 11.6 Å². The van der Waals surface area contributed by atoms with Gasteiger partial charge in [-0.3, -0.25) is 0 Å². The summed E-state index contributed by atoms with van der Waals surface area (Å²) in [6, 6.07) is 4.21. The average molecular weight is 229 g/mol. The van der Waals surface area contributed by atoms with Gasteiger partial charge in [-0.15, -0.1) is 0 Å². The minimum atomic E-state index is -0.540. The molecule has 1 rings (SSSR count). The molecule has 0 spiro atoms. The number of rotatable bonds is 1. The topological polar surface area (TPSA) is 46.5 Å². The van der Waals surface area contributed by atoms with Crippen molar-refractivity contribution in [2.24, 2.45) is 0 Å². The van der Waals surface area contributed by atoms with Crippen molar-refractivity contribution < 1.29 is 14.6 Å². The van der Waals surface area contributed by atoms with Crippen LogP contribution < -0.4 is 0 Å². The van der Waals surface area contributed by atoms with E-state index in [1.807, 2.05) is 0 Å². The second kappa shape index (κ2) is 4.11. The van der Waals surface area contributed by atoms with Crippen molar-refractivity contribution >= 4 is 17.6 Å². The van der Waals surface area contributed by atoms with Gasteiger partial charge >= 0.3 is 5.97 Å². The third-order valence-corrected chi connectivity index (χ3v) is 1.89. The summed E-state index contributed by atoms with van der Waals surface area (Å²) in [6.07, 6.45) is 0. The van der Waals surface area contributed by atoms with E-state index in [0.29, 0.717) is 5.56 Å². The maximum Gasteiger partial charge on any atom is 0.338 e. The van der Waals surface area contributed by atoms with Crippen molar-refractivity contribution in [1.29, 1.82) is 0 Å². The van der Waals surface area contributed by atoms with Gasteiger partial charge in [0.05, 0.1) is 10.6 Å². The quantitative estimate of drug-likeness (QED) is 0.752. The average Bonchev–Trinajstić information content (AvgIpc) is 2.06. The van der Waals surface area contributed by atoms with Crippen molar-refractivity contribution in [1.82, 2.24) is 0 Å². The number of phenols is 1. The van der Waals surface area contributed by atoms with Crippen LogP contribution in [0.15, 0.2) is 18.2 Å². The Bertz CT molecular complexity index is 380. The second-order valence-electron chi connectivity index (χ2n) is 4.17. The molecule has 1 aromatic rings. The third-order valence-electron chi connectivity index (χ3n) is 1.58. The normalized spacial score (nSPS) is 11.2. The molecule has 1 N–H and O–H groups in total. The zero-order valence-electron chi connectivity index (χ0n) is 8.87. The van der Waals surface area contributed by atoms with Gasteiger partial charge in [-0.1, -0.05) is 11.6 Å². The first kappa shape index (κ1) is 11.9. The van der Waals surface area contributed by atoms with Crippen molar-refractivity contribution in [3.8, 4) is 5.75 Å². The highest BCUT2D eigenvalue weighted by Crippen LogP contribution is 2.24. The number of carbonyl (C=O) groups excluding carboxylic acids is 1. The number of hydrogen-bond donors (Lipinski definition) is 1. The lowest BCUT2D eigenvalue weighted by Gasteiger charge is -2.19. The van der Waals surface area contributed by atoms with Crippen LogP contribution in [0.2, 0.25) is 5.02 Å². The van der Waals surface area contributed by atoms with Gasteiger partial charge < -0.3 is 9.84 Å². The van der Waals surface area contributed by atoms with Crippen molar-refractivity contribution in [3.63, 3.8) is 0 Å². The molecule has 3 nitrogen and oxygen atoms in total. The van der Waals surface area contributed by atoms with Crippen LogP contribution in [0, 0.1) is 0 Å². The molecule has 0 aromatic heterocycles. The Labute approximate surface area is 93.6 Å². The van der Waals surface area contributed by atoms with Crippen LogP contribution in [0.1, 0.15) is 31.1 Å². The van der Waals surface area contributed by atoms with Gasteiger partial charge in [-0.2, -0.15) is 0 Å². The highest BCUT2D eigenvalue weighted by molar-refractivity contribution is 6.32. The van der Waals surface area contributed by atoms with E-state index in [1.54, 1.807) is 20.8 Å². The van der Waals surface area contributed by atoms with Crippen LogP contribution in [0.25, 0.3) is 0 Å². The van der Waals surface area contributed by atoms with Crippen molar-refractivity contribution in [2.75, 3.05) is 0 Å². The summed E-state index contributed by atoms with van der Waals surface area (Å²) in [7, 11) is 0. The Morgan fingerprint density at radius 3 is 2.47 bits per heavy atom. The lowest BCUT2D eigenvalue weighted by atomic mass is 10.1. The maximum absolute atomic E-state index is 11.6. The van der Waals surface area contributed by atoms with Crippen LogP contribution >= 0.6 is 11.6 Å². The van der Waals surface area contributed by atoms with Gasteiger partial charge in [0, 0.05) is 0 Å². The Kier molecular flexibility index (Phi) is 3.25. The molecule has 0 fully saturated rings. The molecular formula is C11H13ClO3. The fourth-order valence-corrected chi connectivity index (χ4v) is 1.15. The second-order valence-corrected chi connectivity index (χ2v) is 4.58. The van der Waals surface area contributed by atoms with E-state index in [1.165, 1.54) is 18.2 Å². The summed E-state index contributed by atoms with van der Waals surface area (Å²) in [5, 5.41) is 9.31. The lowest BCUT2D eigenvalue weighted by molar-refractivity contribution is 0.00696. The summed E-state index contributed by atoms with van der Waals surface area (Å²) in [4.78, 5) is 11.6. The summed E-state index contributed by atoms with van der Waals surface area (Å²) >= 11 is 5.67. The number of ether oxygens (including phenoxy) is 1. The Morgan fingerprint density at radius 1 is 1.40 bits per heavy atom. The van der Waals surface area contributed by atoms with Gasteiger partial charge in [0.25, 0.3) is 0 Å². The molecule has 0 saturated carbocycles. The molecule has 15 heavy (non-hydrogen) atoms. The van der Waals surface area contributed by atoms with E-state index in [2.05, 4.69) is 0 Å². The molecule has 1 aromatic carbocycles. The van der Waals surface area contributed by atoms with E-state index >= 15 is 0 Å². The SMILES string of the molecule is CC(C)(C)OC(=O)c1ccc(O)c(Cl)c1. The minimum absolute atomic E-state index is 0.0519. The summed E-state index contributed by atoms with van der Waals surface area (Å²) < 4.78 is 5.14. The largest absolute Gasteiger partial charge is 0.506 e. The predicted octanol–water partition coefficient (Wildman–Crippen LogP) is 3.00. The lowest BCUT2D eigenvalue weighted by Crippen LogP contribution is -2.23. The zero-order chi connectivity index (χ0) is 11.6. The molecule has 0 amide bonds. The molecule has 0 heterocycles. The summed E-state index contributed by atoms with van der Waals surface area (Å²) in [5.74, 6) is -0.506. The van der Waals surface area contributed by atoms with Crippen LogP contribution in [-0.4, -0.2) is 16.7 Å². The van der Waals surface area contributed by atoms with E-state index in [0.717, 1.165) is 0 Å². The predicted molar refractivity (Wildman–Crippen MR) is 58.3 cm³/mol. The molecular weight excluding hydrogens is 216 g/mol. The maximum atomic E-state index is 11.6. The van der Waals surface area contributed by atoms with Crippen molar-refractivity contribution in [2.45, 2.75) is 26.4 Å². The Hall–Kier alpha value is -1.22. The molecule has 0 bridgehead atoms. The number of halogens is 1. The molecule has 0 aliphatic rings. The molecule has 0 atom stereocenters. The van der Waals surface area contributed by atoms with Crippen LogP contribution in [-0.2, 0) is 4.74 Å². The number of esters is 1. The number of phenolic OH excluding ortho intramolecular Hbond substituents is 1. The highest BCUT2D eigenvalue weighted by atomic mass is 35.5. The first-order valence-corrected chi connectivity index (χ1v) is 4.89. The fourth-order valence-electron chi connectivity index (χ4n) is 0.971. The van der Waals surface area contributed by atoms with Gasteiger partial charge in [0.15, 0.2) is 0 Å². The molecule has 0 saturated heterocycles. The third kappa shape index (κ3) is 3.44. The summed E-state index contributed by atoms with van der Waals surface area (Å²) in [6.45, 7) is 5.35. The van der Waals surface area contributed by atoms with Crippen LogP contribution in [0.4, 0.5) is 0 Å². The molecule has 0 aliphatic heterocycles. The zero-order valence-corrected chi connectivity index (χ0v) is 9.63. The molecule has 0 aliphatic carbocycles. The van der Waals surface area contributed by atoms with Crippen LogP contribution in [0.5, 0.6) is 5.75 Å². The first-order valence-electron chi connectivity index (χ1n) is 4.51. The molecule has 82 valence electrons. The highest BCUT2D eigenvalue weighted by Gasteiger charge is 2.18. The Morgan fingerprint density at radius 2 is 2.00 bits per heavy atom. The molecule has 0 unspecified atom stereocenters. The van der Waals surface area contributed by atoms with Gasteiger partial charge in [0.2, 0.25) is 0 Å². The van der Waals surface area contributed by atoms with E-state index in [9.17, 15) is 9.90 Å². The fraction of sp³-hybridized carbons (Fsp3) is 0.364. The summed E-state index contributed by atoms with van der Waals surface area (Å²) in [5.41, 5.74) is -0.214. The number of benzene rings is 1. The van der Waals surface area contributed by atoms with Crippen LogP contribution in [0.3, 0.4) is 0 Å². The smallest absolute Gasteiger partial charge is 0.338 e. The molecule has 4 heteroatoms. The number of hydrogen-bond acceptors (Lipinski definition) is 3. The van der Waals surface area contributed by atoms with Crippen molar-refractivity contribution in [3.05, 3.63) is 28.8 Å². The van der Waals surface area contributed by atoms with Gasteiger partial charge in [-0.05, 0) is 39.0 Å². The standard InChI is InChI=1S/C11H13ClO3/c1-11(2,3)15-10(14)7-4-5-9(13)8(12)6-7/h4-6,13H,1-3H3. The molecule has 0 radical (unpaired) electrons. The number of aromatic hydroxyl groups is 1. The number of carbonyl (C=O) groups is 1.